The second kappa shape index (κ2) is 4.79. The molecule has 10 heavy (non-hydrogen) atoms. The number of benzene rings is 1. The zero-order valence-electron chi connectivity index (χ0n) is 5.36. The van der Waals surface area contributed by atoms with Gasteiger partial charge in [0.15, 0.2) is 11.5 Å². The molecule has 0 amide bonds. The summed E-state index contributed by atoms with van der Waals surface area (Å²) in [6.07, 6.45) is 0. The quantitative estimate of drug-likeness (QED) is 0.394. The van der Waals surface area contributed by atoms with Crippen molar-refractivity contribution in [2.45, 2.75) is 0 Å². The summed E-state index contributed by atoms with van der Waals surface area (Å²) < 4.78 is 0. The van der Waals surface area contributed by atoms with Crippen LogP contribution < -0.4 is 0 Å². The Bertz CT molecular complexity index is 170. The van der Waals surface area contributed by atoms with Crippen molar-refractivity contribution >= 4 is 15.5 Å². The number of aromatic hydroxyl groups is 2. The molecule has 2 N–H and O–H groups in total. The number of phenols is 2. The van der Waals surface area contributed by atoms with Gasteiger partial charge in [-0.2, -0.15) is 0 Å². The number of hydrogen-bond donors (Lipinski definition) is 2. The first-order chi connectivity index (χ1) is 4.80. The molecule has 0 aliphatic carbocycles. The van der Waals surface area contributed by atoms with Gasteiger partial charge in [-0.25, -0.2) is 0 Å². The Morgan fingerprint density at radius 2 is 1.20 bits per heavy atom. The summed E-state index contributed by atoms with van der Waals surface area (Å²) in [5.74, 6) is -0.153. The second-order valence-corrected chi connectivity index (χ2v) is 1.49. The minimum absolute atomic E-state index is 0.0764. The third kappa shape index (κ3) is 2.49. The Morgan fingerprint density at radius 1 is 0.900 bits per heavy atom. The number of phenolic OH excluding ortho intramolecular Hbond substituents is 2. The first-order valence-corrected chi connectivity index (χ1v) is 2.61. The molecule has 48 valence electrons. The zero-order chi connectivity index (χ0) is 7.98. The molecule has 0 aliphatic heterocycles. The summed E-state index contributed by atoms with van der Waals surface area (Å²) in [7, 11) is 8.00. The van der Waals surface area contributed by atoms with Crippen LogP contribution in [0.5, 0.6) is 11.5 Å². The molecule has 0 aromatic heterocycles. The lowest BCUT2D eigenvalue weighted by molar-refractivity contribution is 0.404. The van der Waals surface area contributed by atoms with Gasteiger partial charge in [0.25, 0.3) is 0 Å². The largest absolute Gasteiger partial charge is 0.504 e. The molecule has 0 aliphatic rings. The van der Waals surface area contributed by atoms with E-state index < -0.39 is 0 Å². The number of hydrogen-bond acceptors (Lipinski definition) is 2. The highest BCUT2D eigenvalue weighted by atomic mass is 16.3. The zero-order valence-corrected chi connectivity index (χ0v) is 5.36. The van der Waals surface area contributed by atoms with Crippen LogP contribution in [0.2, 0.25) is 0 Å². The maximum atomic E-state index is 8.67. The Kier molecular flexibility index (Phi) is 4.29. The first kappa shape index (κ1) is 8.95. The monoisotopic (exact) mass is 132 g/mol. The molecule has 0 fully saturated rings. The average Bonchev–Trinajstić information content (AvgIpc) is 2.00. The average molecular weight is 132 g/mol. The fraction of sp³-hybridized carbons (Fsp3) is 0. The van der Waals surface area contributed by atoms with Crippen LogP contribution in [0.15, 0.2) is 24.3 Å². The topological polar surface area (TPSA) is 40.5 Å². The van der Waals surface area contributed by atoms with Crippen LogP contribution in [0.4, 0.5) is 0 Å². The third-order valence-corrected chi connectivity index (χ3v) is 0.882. The van der Waals surface area contributed by atoms with Crippen LogP contribution in [0.3, 0.4) is 0 Å². The second-order valence-electron chi connectivity index (χ2n) is 1.49. The molecule has 0 saturated carbocycles. The van der Waals surface area contributed by atoms with E-state index in [-0.39, 0.29) is 11.5 Å². The maximum Gasteiger partial charge on any atom is 0.157 e. The van der Waals surface area contributed by atoms with Crippen LogP contribution >= 0.6 is 0 Å². The summed E-state index contributed by atoms with van der Waals surface area (Å²) >= 11 is 0. The lowest BCUT2D eigenvalue weighted by atomic mass is 9.81. The van der Waals surface area contributed by atoms with Gasteiger partial charge in [-0.1, -0.05) is 12.1 Å². The van der Waals surface area contributed by atoms with E-state index in [1.807, 2.05) is 0 Å². The van der Waals surface area contributed by atoms with E-state index in [2.05, 4.69) is 15.5 Å². The summed E-state index contributed by atoms with van der Waals surface area (Å²) in [4.78, 5) is 0. The Hall–Kier alpha value is -1.05. The van der Waals surface area contributed by atoms with E-state index in [9.17, 15) is 0 Å². The highest BCUT2D eigenvalue weighted by Gasteiger charge is 1.90. The fourth-order valence-corrected chi connectivity index (χ4v) is 0.464. The molecular formula is C6H6B2O2. The van der Waals surface area contributed by atoms with E-state index in [1.165, 1.54) is 12.1 Å². The molecule has 4 radical (unpaired) electrons. The van der Waals surface area contributed by atoms with Gasteiger partial charge in [-0.3, -0.25) is 0 Å². The van der Waals surface area contributed by atoms with Gasteiger partial charge in [0.2, 0.25) is 0 Å². The fourth-order valence-electron chi connectivity index (χ4n) is 0.464. The van der Waals surface area contributed by atoms with Crippen LogP contribution in [-0.4, -0.2) is 25.7 Å². The van der Waals surface area contributed by atoms with Crippen molar-refractivity contribution in [3.63, 3.8) is 0 Å². The van der Waals surface area contributed by atoms with E-state index in [4.69, 9.17) is 10.2 Å². The summed E-state index contributed by atoms with van der Waals surface area (Å²) in [6, 6.07) is 6.15. The van der Waals surface area contributed by atoms with Gasteiger partial charge in [0.05, 0.1) is 0 Å². The maximum absolute atomic E-state index is 8.67. The predicted molar refractivity (Wildman–Crippen MR) is 41.3 cm³/mol. The van der Waals surface area contributed by atoms with Crippen LogP contribution in [0, 0.1) is 0 Å². The highest BCUT2D eigenvalue weighted by molar-refractivity contribution is 6.75. The van der Waals surface area contributed by atoms with Crippen molar-refractivity contribution in [1.29, 1.82) is 0 Å². The normalized spacial score (nSPS) is 7.60. The molecule has 1 aromatic rings. The number of rotatable bonds is 0. The molecule has 2 nitrogen and oxygen atoms in total. The molecule has 0 saturated heterocycles. The summed E-state index contributed by atoms with van der Waals surface area (Å²) in [5, 5.41) is 17.3. The van der Waals surface area contributed by atoms with E-state index in [0.29, 0.717) is 0 Å². The number of para-hydroxylation sites is 2. The standard InChI is InChI=1S/C6H6O2.B2/c7-5-3-1-2-4-6(5)8;1-2/h1-4,7-8H;. The molecule has 0 unspecified atom stereocenters. The molecule has 1 aromatic carbocycles. The molecule has 0 spiro atoms. The minimum Gasteiger partial charge on any atom is -0.504 e. The molecule has 0 atom stereocenters. The highest BCUT2D eigenvalue weighted by Crippen LogP contribution is 2.21. The van der Waals surface area contributed by atoms with E-state index >= 15 is 0 Å². The van der Waals surface area contributed by atoms with Crippen molar-refractivity contribution < 1.29 is 10.2 Å². The van der Waals surface area contributed by atoms with Gasteiger partial charge in [0, 0.05) is 15.5 Å². The summed E-state index contributed by atoms with van der Waals surface area (Å²) in [5.41, 5.74) is 0. The van der Waals surface area contributed by atoms with Crippen molar-refractivity contribution in [2.75, 3.05) is 0 Å². The Balaban J connectivity index is 0.000000371. The van der Waals surface area contributed by atoms with Crippen molar-refractivity contribution in [2.24, 2.45) is 0 Å². The van der Waals surface area contributed by atoms with Crippen LogP contribution in [-0.2, 0) is 0 Å². The predicted octanol–water partition coefficient (Wildman–Crippen LogP) is 0.336. The van der Waals surface area contributed by atoms with Gasteiger partial charge < -0.3 is 10.2 Å². The smallest absolute Gasteiger partial charge is 0.157 e. The van der Waals surface area contributed by atoms with Gasteiger partial charge in [0.1, 0.15) is 0 Å². The van der Waals surface area contributed by atoms with Crippen molar-refractivity contribution in [3.8, 4) is 11.5 Å². The SMILES string of the molecule is Oc1ccccc1O.[B][B]. The van der Waals surface area contributed by atoms with Gasteiger partial charge >= 0.3 is 0 Å². The Labute approximate surface area is 62.3 Å². The van der Waals surface area contributed by atoms with E-state index in [1.54, 1.807) is 12.1 Å². The lowest BCUT2D eigenvalue weighted by Gasteiger charge is -1.91. The summed E-state index contributed by atoms with van der Waals surface area (Å²) in [6.45, 7) is 0. The van der Waals surface area contributed by atoms with Crippen LogP contribution in [0.25, 0.3) is 0 Å². The van der Waals surface area contributed by atoms with Gasteiger partial charge in [-0.15, -0.1) is 0 Å². The molecule has 4 heteroatoms. The first-order valence-electron chi connectivity index (χ1n) is 2.61. The minimum atomic E-state index is -0.0764. The van der Waals surface area contributed by atoms with Crippen molar-refractivity contribution in [3.05, 3.63) is 24.3 Å². The molecule has 1 rings (SSSR count). The third-order valence-electron chi connectivity index (χ3n) is 0.882. The Morgan fingerprint density at radius 3 is 1.40 bits per heavy atom. The van der Waals surface area contributed by atoms with Crippen LogP contribution in [0.1, 0.15) is 0 Å². The molecule has 0 heterocycles. The van der Waals surface area contributed by atoms with Gasteiger partial charge in [-0.05, 0) is 12.1 Å². The lowest BCUT2D eigenvalue weighted by Crippen LogP contribution is -1.63. The molecular weight excluding hydrogens is 126 g/mol. The van der Waals surface area contributed by atoms with Crippen molar-refractivity contribution in [1.82, 2.24) is 0 Å². The van der Waals surface area contributed by atoms with E-state index in [0.717, 1.165) is 0 Å². The molecule has 0 bridgehead atoms.